The highest BCUT2D eigenvalue weighted by Crippen LogP contribution is 2.34. The molecule has 0 fully saturated rings. The van der Waals surface area contributed by atoms with Crippen LogP contribution in [0.2, 0.25) is 0 Å². The SMILES string of the molecule is Nc1ccncc1-c1cc[nH]c1-c1ccc(O)cc1. The molecule has 3 rings (SSSR count). The Morgan fingerprint density at radius 1 is 1.00 bits per heavy atom. The maximum absolute atomic E-state index is 9.34. The van der Waals surface area contributed by atoms with E-state index in [1.807, 2.05) is 24.4 Å². The molecule has 2 aromatic heterocycles. The van der Waals surface area contributed by atoms with E-state index in [-0.39, 0.29) is 5.75 Å². The van der Waals surface area contributed by atoms with E-state index >= 15 is 0 Å². The number of benzene rings is 1. The normalized spacial score (nSPS) is 10.5. The fraction of sp³-hybridized carbons (Fsp3) is 0. The summed E-state index contributed by atoms with van der Waals surface area (Å²) in [6, 6.07) is 10.8. The molecular formula is C15H13N3O. The summed E-state index contributed by atoms with van der Waals surface area (Å²) in [7, 11) is 0. The second-order valence-corrected chi connectivity index (χ2v) is 4.28. The van der Waals surface area contributed by atoms with Gasteiger partial charge in [-0.3, -0.25) is 4.98 Å². The lowest BCUT2D eigenvalue weighted by Crippen LogP contribution is -1.91. The number of phenolic OH excluding ortho intramolecular Hbond substituents is 1. The van der Waals surface area contributed by atoms with Crippen LogP contribution in [0.1, 0.15) is 0 Å². The van der Waals surface area contributed by atoms with Gasteiger partial charge in [-0.05, 0) is 42.0 Å². The summed E-state index contributed by atoms with van der Waals surface area (Å²) in [5.74, 6) is 0.248. The van der Waals surface area contributed by atoms with Crippen LogP contribution in [0.4, 0.5) is 5.69 Å². The molecule has 4 nitrogen and oxygen atoms in total. The smallest absolute Gasteiger partial charge is 0.115 e. The summed E-state index contributed by atoms with van der Waals surface area (Å²) in [4.78, 5) is 7.32. The first kappa shape index (κ1) is 11.3. The van der Waals surface area contributed by atoms with Gasteiger partial charge in [0, 0.05) is 35.4 Å². The molecule has 3 aromatic rings. The highest BCUT2D eigenvalue weighted by atomic mass is 16.3. The zero-order chi connectivity index (χ0) is 13.2. The van der Waals surface area contributed by atoms with Crippen LogP contribution < -0.4 is 5.73 Å². The minimum Gasteiger partial charge on any atom is -0.508 e. The third-order valence-electron chi connectivity index (χ3n) is 3.05. The first-order valence-corrected chi connectivity index (χ1v) is 5.92. The van der Waals surface area contributed by atoms with Gasteiger partial charge in [-0.1, -0.05) is 0 Å². The molecule has 0 spiro atoms. The van der Waals surface area contributed by atoms with Gasteiger partial charge in [-0.25, -0.2) is 0 Å². The number of nitrogens with two attached hydrogens (primary N) is 1. The third-order valence-corrected chi connectivity index (χ3v) is 3.05. The van der Waals surface area contributed by atoms with Crippen LogP contribution in [0, 0.1) is 0 Å². The largest absolute Gasteiger partial charge is 0.508 e. The molecule has 0 aliphatic heterocycles. The van der Waals surface area contributed by atoms with Crippen LogP contribution in [0.15, 0.2) is 55.0 Å². The second-order valence-electron chi connectivity index (χ2n) is 4.28. The van der Waals surface area contributed by atoms with Gasteiger partial charge in [-0.2, -0.15) is 0 Å². The van der Waals surface area contributed by atoms with Crippen LogP contribution in [0.5, 0.6) is 5.75 Å². The maximum atomic E-state index is 9.34. The van der Waals surface area contributed by atoms with Gasteiger partial charge in [0.1, 0.15) is 5.75 Å². The molecule has 0 atom stereocenters. The molecule has 4 N–H and O–H groups in total. The zero-order valence-electron chi connectivity index (χ0n) is 10.2. The summed E-state index contributed by atoms with van der Waals surface area (Å²) in [5, 5.41) is 9.34. The minimum atomic E-state index is 0.248. The van der Waals surface area contributed by atoms with E-state index in [1.54, 1.807) is 30.6 Å². The first-order chi connectivity index (χ1) is 9.25. The first-order valence-electron chi connectivity index (χ1n) is 5.92. The molecule has 0 aliphatic carbocycles. The van der Waals surface area contributed by atoms with Crippen LogP contribution in [-0.2, 0) is 0 Å². The lowest BCUT2D eigenvalue weighted by Gasteiger charge is -2.07. The molecule has 2 heterocycles. The van der Waals surface area contributed by atoms with Crippen LogP contribution in [0.3, 0.4) is 0 Å². The lowest BCUT2D eigenvalue weighted by atomic mass is 10.0. The van der Waals surface area contributed by atoms with Crippen molar-refractivity contribution in [3.63, 3.8) is 0 Å². The Hall–Kier alpha value is -2.75. The Kier molecular flexibility index (Phi) is 2.68. The topological polar surface area (TPSA) is 74.9 Å². The van der Waals surface area contributed by atoms with E-state index in [4.69, 9.17) is 5.73 Å². The molecule has 0 aliphatic rings. The number of nitrogens with zero attached hydrogens (tertiary/aromatic N) is 1. The molecule has 0 saturated carbocycles. The summed E-state index contributed by atoms with van der Waals surface area (Å²) in [6.07, 6.45) is 5.29. The summed E-state index contributed by atoms with van der Waals surface area (Å²) < 4.78 is 0. The quantitative estimate of drug-likeness (QED) is 0.655. The molecular weight excluding hydrogens is 238 g/mol. The molecule has 0 saturated heterocycles. The molecule has 94 valence electrons. The van der Waals surface area contributed by atoms with Crippen molar-refractivity contribution in [2.75, 3.05) is 5.73 Å². The maximum Gasteiger partial charge on any atom is 0.115 e. The minimum absolute atomic E-state index is 0.248. The van der Waals surface area contributed by atoms with Crippen molar-refractivity contribution < 1.29 is 5.11 Å². The molecule has 19 heavy (non-hydrogen) atoms. The van der Waals surface area contributed by atoms with E-state index in [0.29, 0.717) is 5.69 Å². The lowest BCUT2D eigenvalue weighted by molar-refractivity contribution is 0.475. The summed E-state index contributed by atoms with van der Waals surface area (Å²) >= 11 is 0. The van der Waals surface area contributed by atoms with Crippen molar-refractivity contribution in [3.8, 4) is 28.1 Å². The number of aromatic hydroxyl groups is 1. The van der Waals surface area contributed by atoms with E-state index in [9.17, 15) is 5.11 Å². The number of aromatic nitrogens is 2. The van der Waals surface area contributed by atoms with Gasteiger partial charge >= 0.3 is 0 Å². The zero-order valence-corrected chi connectivity index (χ0v) is 10.2. The number of pyridine rings is 1. The van der Waals surface area contributed by atoms with Gasteiger partial charge in [0.15, 0.2) is 0 Å². The predicted molar refractivity (Wildman–Crippen MR) is 75.5 cm³/mol. The average molecular weight is 251 g/mol. The molecule has 1 aromatic carbocycles. The van der Waals surface area contributed by atoms with Crippen LogP contribution in [-0.4, -0.2) is 15.1 Å². The molecule has 0 bridgehead atoms. The van der Waals surface area contributed by atoms with Gasteiger partial charge in [0.05, 0.1) is 5.69 Å². The second kappa shape index (κ2) is 4.49. The number of hydrogen-bond acceptors (Lipinski definition) is 3. The number of phenols is 1. The van der Waals surface area contributed by atoms with E-state index in [2.05, 4.69) is 9.97 Å². The van der Waals surface area contributed by atoms with Crippen molar-refractivity contribution in [2.24, 2.45) is 0 Å². The number of rotatable bonds is 2. The van der Waals surface area contributed by atoms with E-state index < -0.39 is 0 Å². The number of hydrogen-bond donors (Lipinski definition) is 3. The molecule has 0 unspecified atom stereocenters. The average Bonchev–Trinajstić information content (AvgIpc) is 2.89. The monoisotopic (exact) mass is 251 g/mol. The predicted octanol–water partition coefficient (Wildman–Crippen LogP) is 3.03. The Morgan fingerprint density at radius 2 is 1.79 bits per heavy atom. The highest BCUT2D eigenvalue weighted by Gasteiger charge is 2.11. The standard InChI is InChI=1S/C15H13N3O/c16-14-6-7-17-9-13(14)12-5-8-18-15(12)10-1-3-11(19)4-2-10/h1-9,18-19H,(H2,16,17). The van der Waals surface area contributed by atoms with Crippen molar-refractivity contribution >= 4 is 5.69 Å². The fourth-order valence-corrected chi connectivity index (χ4v) is 2.09. The van der Waals surface area contributed by atoms with Gasteiger partial charge in [-0.15, -0.1) is 0 Å². The number of H-pyrrole nitrogens is 1. The van der Waals surface area contributed by atoms with Crippen molar-refractivity contribution in [2.45, 2.75) is 0 Å². The summed E-state index contributed by atoms with van der Waals surface area (Å²) in [5.41, 5.74) is 10.5. The van der Waals surface area contributed by atoms with Crippen LogP contribution >= 0.6 is 0 Å². The van der Waals surface area contributed by atoms with Crippen molar-refractivity contribution in [1.29, 1.82) is 0 Å². The number of nitrogens with one attached hydrogen (secondary N) is 1. The van der Waals surface area contributed by atoms with E-state index in [0.717, 1.165) is 22.4 Å². The Labute approximate surface area is 110 Å². The summed E-state index contributed by atoms with van der Waals surface area (Å²) in [6.45, 7) is 0. The number of aromatic amines is 1. The fourth-order valence-electron chi connectivity index (χ4n) is 2.09. The Morgan fingerprint density at radius 3 is 2.53 bits per heavy atom. The molecule has 0 amide bonds. The van der Waals surface area contributed by atoms with Crippen molar-refractivity contribution in [1.82, 2.24) is 9.97 Å². The van der Waals surface area contributed by atoms with Gasteiger partial charge in [0.2, 0.25) is 0 Å². The number of anilines is 1. The van der Waals surface area contributed by atoms with Crippen molar-refractivity contribution in [3.05, 3.63) is 55.0 Å². The van der Waals surface area contributed by atoms with Gasteiger partial charge < -0.3 is 15.8 Å². The van der Waals surface area contributed by atoms with E-state index in [1.165, 1.54) is 0 Å². The van der Waals surface area contributed by atoms with Gasteiger partial charge in [0.25, 0.3) is 0 Å². The molecule has 4 heteroatoms. The Balaban J connectivity index is 2.13. The number of nitrogen functional groups attached to an aromatic ring is 1. The third kappa shape index (κ3) is 2.04. The Bertz CT molecular complexity index is 701. The highest BCUT2D eigenvalue weighted by molar-refractivity contribution is 5.86. The van der Waals surface area contributed by atoms with Crippen LogP contribution in [0.25, 0.3) is 22.4 Å². The molecule has 0 radical (unpaired) electrons.